The smallest absolute Gasteiger partial charge is 0.271 e. The molecule has 0 aliphatic heterocycles. The molecule has 1 aliphatic carbocycles. The summed E-state index contributed by atoms with van der Waals surface area (Å²) in [6.07, 6.45) is 2.98. The average molecular weight is 348 g/mol. The van der Waals surface area contributed by atoms with Gasteiger partial charge in [-0.05, 0) is 42.7 Å². The Hall–Kier alpha value is -2.24. The molecule has 1 aliphatic rings. The molecule has 2 rings (SSSR count). The van der Waals surface area contributed by atoms with Gasteiger partial charge in [0.25, 0.3) is 5.91 Å². The van der Waals surface area contributed by atoms with E-state index in [1.165, 1.54) is 27.8 Å². The minimum absolute atomic E-state index is 0.216. The standard InChI is InChI=1S/C19H28N2O4/c1-12-7-14(11-19(2,3)10-12)20-21-18(22)13-8-15(23-4)17(25-6)16(9-13)24-5/h8-9,12H,7,10-11H2,1-6H3,(H,21,22)/b20-14+. The third-order valence-electron chi connectivity index (χ3n) is 4.41. The number of rotatable bonds is 5. The van der Waals surface area contributed by atoms with Crippen LogP contribution in [0.5, 0.6) is 17.2 Å². The van der Waals surface area contributed by atoms with Crippen molar-refractivity contribution in [2.24, 2.45) is 16.4 Å². The van der Waals surface area contributed by atoms with Gasteiger partial charge >= 0.3 is 0 Å². The van der Waals surface area contributed by atoms with Gasteiger partial charge in [-0.1, -0.05) is 20.8 Å². The largest absolute Gasteiger partial charge is 0.493 e. The van der Waals surface area contributed by atoms with Gasteiger partial charge in [0.2, 0.25) is 5.75 Å². The number of nitrogens with one attached hydrogen (secondary N) is 1. The van der Waals surface area contributed by atoms with E-state index < -0.39 is 0 Å². The van der Waals surface area contributed by atoms with Crippen LogP contribution in [-0.4, -0.2) is 32.9 Å². The molecule has 0 spiro atoms. The molecule has 6 heteroatoms. The van der Waals surface area contributed by atoms with E-state index >= 15 is 0 Å². The lowest BCUT2D eigenvalue weighted by molar-refractivity contribution is 0.0953. The molecular formula is C19H28N2O4. The normalized spacial score (nSPS) is 20.9. The Bertz CT molecular complexity index is 642. The lowest BCUT2D eigenvalue weighted by Crippen LogP contribution is -2.30. The number of carbonyl (C=O) groups excluding carboxylic acids is 1. The van der Waals surface area contributed by atoms with E-state index in [-0.39, 0.29) is 11.3 Å². The summed E-state index contributed by atoms with van der Waals surface area (Å²) in [6.45, 7) is 6.69. The van der Waals surface area contributed by atoms with Crippen molar-refractivity contribution in [1.82, 2.24) is 5.43 Å². The molecule has 25 heavy (non-hydrogen) atoms. The van der Waals surface area contributed by atoms with Crippen LogP contribution >= 0.6 is 0 Å². The minimum Gasteiger partial charge on any atom is -0.493 e. The highest BCUT2D eigenvalue weighted by molar-refractivity contribution is 5.97. The van der Waals surface area contributed by atoms with Crippen LogP contribution in [0.1, 0.15) is 50.4 Å². The number of methoxy groups -OCH3 is 3. The first-order valence-electron chi connectivity index (χ1n) is 8.45. The Kier molecular flexibility index (Phi) is 5.93. The molecule has 1 aromatic rings. The molecule has 0 bridgehead atoms. The molecule has 138 valence electrons. The Morgan fingerprint density at radius 3 is 2.24 bits per heavy atom. The van der Waals surface area contributed by atoms with Crippen molar-refractivity contribution < 1.29 is 19.0 Å². The second-order valence-electron chi connectivity index (χ2n) is 7.39. The van der Waals surface area contributed by atoms with Crippen LogP contribution in [0, 0.1) is 11.3 Å². The van der Waals surface area contributed by atoms with Crippen LogP contribution in [0.15, 0.2) is 17.2 Å². The molecule has 1 atom stereocenters. The molecule has 1 fully saturated rings. The van der Waals surface area contributed by atoms with E-state index in [4.69, 9.17) is 14.2 Å². The van der Waals surface area contributed by atoms with E-state index in [9.17, 15) is 4.79 Å². The van der Waals surface area contributed by atoms with Crippen LogP contribution in [0.3, 0.4) is 0 Å². The summed E-state index contributed by atoms with van der Waals surface area (Å²) in [5.41, 5.74) is 4.32. The van der Waals surface area contributed by atoms with E-state index in [1.54, 1.807) is 12.1 Å². The number of ether oxygens (including phenoxy) is 3. The molecule has 1 saturated carbocycles. The average Bonchev–Trinajstić information content (AvgIpc) is 2.56. The van der Waals surface area contributed by atoms with Crippen molar-refractivity contribution in [2.75, 3.05) is 21.3 Å². The lowest BCUT2D eigenvalue weighted by atomic mass is 9.72. The Balaban J connectivity index is 2.19. The lowest BCUT2D eigenvalue weighted by Gasteiger charge is -2.34. The van der Waals surface area contributed by atoms with Crippen LogP contribution < -0.4 is 19.6 Å². The van der Waals surface area contributed by atoms with Gasteiger partial charge in [0.05, 0.1) is 21.3 Å². The number of nitrogens with zero attached hydrogens (tertiary/aromatic N) is 1. The fraction of sp³-hybridized carbons (Fsp3) is 0.579. The first-order valence-corrected chi connectivity index (χ1v) is 8.45. The molecule has 0 heterocycles. The van der Waals surface area contributed by atoms with Gasteiger partial charge in [0.1, 0.15) is 0 Å². The van der Waals surface area contributed by atoms with E-state index in [2.05, 4.69) is 31.3 Å². The van der Waals surface area contributed by atoms with Crippen molar-refractivity contribution in [3.63, 3.8) is 0 Å². The molecule has 6 nitrogen and oxygen atoms in total. The SMILES string of the molecule is COc1cc(C(=O)N/N=C2\CC(C)CC(C)(C)C2)cc(OC)c1OC. The second-order valence-corrected chi connectivity index (χ2v) is 7.39. The quantitative estimate of drug-likeness (QED) is 0.825. The summed E-state index contributed by atoms with van der Waals surface area (Å²) in [4.78, 5) is 12.5. The van der Waals surface area contributed by atoms with Crippen LogP contribution in [-0.2, 0) is 0 Å². The third kappa shape index (κ3) is 4.65. The highest BCUT2D eigenvalue weighted by Crippen LogP contribution is 2.38. The molecule has 1 unspecified atom stereocenters. The predicted octanol–water partition coefficient (Wildman–Crippen LogP) is 3.64. The van der Waals surface area contributed by atoms with Crippen molar-refractivity contribution in [3.8, 4) is 17.2 Å². The molecule has 1 amide bonds. The van der Waals surface area contributed by atoms with Crippen molar-refractivity contribution >= 4 is 11.6 Å². The van der Waals surface area contributed by atoms with Gasteiger partial charge in [-0.3, -0.25) is 4.79 Å². The molecule has 0 radical (unpaired) electrons. The maximum absolute atomic E-state index is 12.5. The zero-order valence-corrected chi connectivity index (χ0v) is 15.9. The van der Waals surface area contributed by atoms with Crippen LogP contribution in [0.2, 0.25) is 0 Å². The highest BCUT2D eigenvalue weighted by atomic mass is 16.5. The van der Waals surface area contributed by atoms with Gasteiger partial charge < -0.3 is 14.2 Å². The van der Waals surface area contributed by atoms with Gasteiger partial charge in [-0.2, -0.15) is 5.10 Å². The summed E-state index contributed by atoms with van der Waals surface area (Å²) >= 11 is 0. The topological polar surface area (TPSA) is 69.2 Å². The maximum Gasteiger partial charge on any atom is 0.271 e. The minimum atomic E-state index is -0.303. The van der Waals surface area contributed by atoms with E-state index in [0.29, 0.717) is 28.7 Å². The Morgan fingerprint density at radius 2 is 1.76 bits per heavy atom. The number of hydrogen-bond donors (Lipinski definition) is 1. The van der Waals surface area contributed by atoms with Crippen LogP contribution in [0.25, 0.3) is 0 Å². The predicted molar refractivity (Wildman–Crippen MR) is 97.8 cm³/mol. The monoisotopic (exact) mass is 348 g/mol. The van der Waals surface area contributed by atoms with Crippen molar-refractivity contribution in [3.05, 3.63) is 17.7 Å². The van der Waals surface area contributed by atoms with Gasteiger partial charge in [-0.15, -0.1) is 0 Å². The van der Waals surface area contributed by atoms with Crippen LogP contribution in [0.4, 0.5) is 0 Å². The molecule has 1 N–H and O–H groups in total. The zero-order valence-electron chi connectivity index (χ0n) is 15.9. The summed E-state index contributed by atoms with van der Waals surface area (Å²) in [5, 5.41) is 4.36. The highest BCUT2D eigenvalue weighted by Gasteiger charge is 2.29. The maximum atomic E-state index is 12.5. The first-order chi connectivity index (χ1) is 11.8. The zero-order chi connectivity index (χ0) is 18.6. The summed E-state index contributed by atoms with van der Waals surface area (Å²) < 4.78 is 15.8. The number of hydrazone groups is 1. The third-order valence-corrected chi connectivity index (χ3v) is 4.41. The van der Waals surface area contributed by atoms with Gasteiger partial charge in [0.15, 0.2) is 11.5 Å². The summed E-state index contributed by atoms with van der Waals surface area (Å²) in [7, 11) is 4.56. The van der Waals surface area contributed by atoms with Crippen molar-refractivity contribution in [2.45, 2.75) is 40.0 Å². The van der Waals surface area contributed by atoms with Crippen molar-refractivity contribution in [1.29, 1.82) is 0 Å². The fourth-order valence-electron chi connectivity index (χ4n) is 3.61. The second kappa shape index (κ2) is 7.76. The number of benzene rings is 1. The molecule has 0 saturated heterocycles. The molecular weight excluding hydrogens is 320 g/mol. The summed E-state index contributed by atoms with van der Waals surface area (Å²) in [6, 6.07) is 3.23. The number of amides is 1. The Labute approximate surface area is 149 Å². The molecule has 1 aromatic carbocycles. The Morgan fingerprint density at radius 1 is 1.16 bits per heavy atom. The van der Waals surface area contributed by atoms with Gasteiger partial charge in [-0.25, -0.2) is 5.43 Å². The van der Waals surface area contributed by atoms with E-state index in [0.717, 1.165) is 18.6 Å². The fourth-order valence-corrected chi connectivity index (χ4v) is 3.61. The first kappa shape index (κ1) is 19.1. The number of carbonyl (C=O) groups is 1. The van der Waals surface area contributed by atoms with E-state index in [1.807, 2.05) is 0 Å². The molecule has 0 aromatic heterocycles. The number of hydrogen-bond acceptors (Lipinski definition) is 5. The van der Waals surface area contributed by atoms with Gasteiger partial charge in [0, 0.05) is 11.3 Å². The summed E-state index contributed by atoms with van der Waals surface area (Å²) in [5.74, 6) is 1.60.